The molecule has 0 saturated carbocycles. The van der Waals surface area contributed by atoms with Gasteiger partial charge in [0.25, 0.3) is 0 Å². The number of benzene rings is 1. The second kappa shape index (κ2) is 8.11. The Labute approximate surface area is 167 Å². The summed E-state index contributed by atoms with van der Waals surface area (Å²) in [5, 5.41) is 13.5. The summed E-state index contributed by atoms with van der Waals surface area (Å²) in [7, 11) is 0. The smallest absolute Gasteiger partial charge is 0.339 e. The van der Waals surface area contributed by atoms with E-state index >= 15 is 0 Å². The molecule has 1 amide bonds. The molecule has 0 radical (unpaired) electrons. The fraction of sp³-hybridized carbons (Fsp3) is 0.409. The molecule has 0 aliphatic carbocycles. The Balaban J connectivity index is 1.91. The molecule has 3 aromatic rings. The van der Waals surface area contributed by atoms with Crippen LogP contribution in [0.5, 0.6) is 0 Å². The van der Waals surface area contributed by atoms with Gasteiger partial charge in [0.05, 0.1) is 6.26 Å². The average Bonchev–Trinajstić information content (AvgIpc) is 3.03. The zero-order valence-corrected chi connectivity index (χ0v) is 17.0. The quantitative estimate of drug-likeness (QED) is 0.585. The van der Waals surface area contributed by atoms with Crippen LogP contribution in [0.15, 0.2) is 26.0 Å². The standard InChI is InChI=1S/C22H25NO6/c1-5-6-17(21(25)26)23-18(24)8-7-14-12(3)16-9-15-11(2)10-28-19(15)13(4)20(16)29-22(14)27/h9-10,17H,5-8H2,1-4H3,(H,23,24)(H,25,26)/t17-/m1/s1. The SMILES string of the molecule is CCC[C@@H](NC(=O)CCc1c(C)c2cc3c(C)coc3c(C)c2oc1=O)C(=O)O. The van der Waals surface area contributed by atoms with E-state index in [1.807, 2.05) is 33.8 Å². The van der Waals surface area contributed by atoms with Crippen LogP contribution in [0.25, 0.3) is 21.9 Å². The van der Waals surface area contributed by atoms with E-state index in [2.05, 4.69) is 5.32 Å². The van der Waals surface area contributed by atoms with Crippen LogP contribution in [0.1, 0.15) is 48.4 Å². The molecular formula is C22H25NO6. The molecule has 0 aliphatic heterocycles. The number of nitrogens with one attached hydrogen (secondary N) is 1. The third-order valence-corrected chi connectivity index (χ3v) is 5.35. The number of aryl methyl sites for hydroxylation is 3. The van der Waals surface area contributed by atoms with Gasteiger partial charge >= 0.3 is 11.6 Å². The molecule has 0 unspecified atom stereocenters. The largest absolute Gasteiger partial charge is 0.480 e. The van der Waals surface area contributed by atoms with Crippen molar-refractivity contribution in [3.63, 3.8) is 0 Å². The van der Waals surface area contributed by atoms with Gasteiger partial charge in [-0.3, -0.25) is 4.79 Å². The molecule has 154 valence electrons. The Kier molecular flexibility index (Phi) is 5.77. The summed E-state index contributed by atoms with van der Waals surface area (Å²) in [5.41, 5.74) is 3.63. The van der Waals surface area contributed by atoms with E-state index in [1.165, 1.54) is 0 Å². The van der Waals surface area contributed by atoms with Gasteiger partial charge in [0.15, 0.2) is 0 Å². The highest BCUT2D eigenvalue weighted by Gasteiger charge is 2.21. The van der Waals surface area contributed by atoms with Gasteiger partial charge in [0, 0.05) is 28.3 Å². The first-order valence-corrected chi connectivity index (χ1v) is 9.70. The lowest BCUT2D eigenvalue weighted by Gasteiger charge is -2.14. The highest BCUT2D eigenvalue weighted by molar-refractivity contribution is 5.99. The summed E-state index contributed by atoms with van der Waals surface area (Å²) >= 11 is 0. The van der Waals surface area contributed by atoms with Crippen LogP contribution in [0.3, 0.4) is 0 Å². The highest BCUT2D eigenvalue weighted by Crippen LogP contribution is 2.32. The van der Waals surface area contributed by atoms with Crippen LogP contribution in [0.2, 0.25) is 0 Å². The second-order valence-electron chi connectivity index (χ2n) is 7.41. The van der Waals surface area contributed by atoms with Gasteiger partial charge in [0.2, 0.25) is 5.91 Å². The molecule has 0 bridgehead atoms. The molecule has 2 heterocycles. The molecule has 7 heteroatoms. The molecular weight excluding hydrogens is 374 g/mol. The lowest BCUT2D eigenvalue weighted by atomic mass is 9.98. The summed E-state index contributed by atoms with van der Waals surface area (Å²) < 4.78 is 11.2. The Morgan fingerprint density at radius 2 is 1.86 bits per heavy atom. The zero-order chi connectivity index (χ0) is 21.3. The van der Waals surface area contributed by atoms with Crippen molar-refractivity contribution < 1.29 is 23.5 Å². The van der Waals surface area contributed by atoms with Gasteiger partial charge in [-0.15, -0.1) is 0 Å². The minimum atomic E-state index is -1.06. The maximum atomic E-state index is 12.6. The van der Waals surface area contributed by atoms with E-state index in [1.54, 1.807) is 6.26 Å². The van der Waals surface area contributed by atoms with E-state index in [-0.39, 0.29) is 12.8 Å². The van der Waals surface area contributed by atoms with Crippen LogP contribution in [-0.2, 0) is 16.0 Å². The minimum Gasteiger partial charge on any atom is -0.480 e. The highest BCUT2D eigenvalue weighted by atomic mass is 16.4. The summed E-state index contributed by atoms with van der Waals surface area (Å²) in [6.45, 7) is 7.49. The van der Waals surface area contributed by atoms with Gasteiger partial charge in [-0.25, -0.2) is 9.59 Å². The number of carboxylic acid groups (broad SMARTS) is 1. The number of hydrogen-bond donors (Lipinski definition) is 2. The van der Waals surface area contributed by atoms with Crippen molar-refractivity contribution in [1.82, 2.24) is 5.32 Å². The van der Waals surface area contributed by atoms with E-state index < -0.39 is 23.5 Å². The predicted molar refractivity (Wildman–Crippen MR) is 109 cm³/mol. The van der Waals surface area contributed by atoms with Gasteiger partial charge in [-0.05, 0) is 50.8 Å². The maximum Gasteiger partial charge on any atom is 0.339 e. The van der Waals surface area contributed by atoms with Gasteiger partial charge in [-0.2, -0.15) is 0 Å². The third-order valence-electron chi connectivity index (χ3n) is 5.35. The number of rotatable bonds is 7. The lowest BCUT2D eigenvalue weighted by molar-refractivity contribution is -0.142. The molecule has 0 spiro atoms. The molecule has 29 heavy (non-hydrogen) atoms. The van der Waals surface area contributed by atoms with Gasteiger partial charge < -0.3 is 19.3 Å². The fourth-order valence-corrected chi connectivity index (χ4v) is 3.66. The topological polar surface area (TPSA) is 110 Å². The van der Waals surface area contributed by atoms with Crippen molar-refractivity contribution in [3.05, 3.63) is 45.0 Å². The number of carbonyl (C=O) groups is 2. The molecule has 0 aliphatic rings. The van der Waals surface area contributed by atoms with Crippen LogP contribution in [0, 0.1) is 20.8 Å². The van der Waals surface area contributed by atoms with E-state index in [9.17, 15) is 19.5 Å². The average molecular weight is 399 g/mol. The summed E-state index contributed by atoms with van der Waals surface area (Å²) in [5.74, 6) is -1.46. The van der Waals surface area contributed by atoms with Crippen LogP contribution in [0.4, 0.5) is 0 Å². The first-order valence-electron chi connectivity index (χ1n) is 9.70. The third kappa shape index (κ3) is 3.90. The molecule has 2 aromatic heterocycles. The van der Waals surface area contributed by atoms with Gasteiger partial charge in [-0.1, -0.05) is 13.3 Å². The van der Waals surface area contributed by atoms with Crippen LogP contribution < -0.4 is 10.9 Å². The normalized spacial score (nSPS) is 12.4. The van der Waals surface area contributed by atoms with E-state index in [0.717, 1.165) is 27.5 Å². The Morgan fingerprint density at radius 3 is 2.52 bits per heavy atom. The van der Waals surface area contributed by atoms with Crippen molar-refractivity contribution >= 4 is 33.8 Å². The molecule has 1 aromatic carbocycles. The number of carboxylic acids is 1. The van der Waals surface area contributed by atoms with E-state index in [4.69, 9.17) is 8.83 Å². The number of furan rings is 1. The molecule has 1 atom stereocenters. The lowest BCUT2D eigenvalue weighted by Crippen LogP contribution is -2.40. The van der Waals surface area contributed by atoms with Crippen LogP contribution >= 0.6 is 0 Å². The predicted octanol–water partition coefficient (Wildman–Crippen LogP) is 3.77. The van der Waals surface area contributed by atoms with Crippen molar-refractivity contribution in [1.29, 1.82) is 0 Å². The number of fused-ring (bicyclic) bond motifs is 2. The van der Waals surface area contributed by atoms with Crippen molar-refractivity contribution in [2.45, 2.75) is 59.4 Å². The minimum absolute atomic E-state index is 0.0105. The number of carbonyl (C=O) groups excluding carboxylic acids is 1. The van der Waals surface area contributed by atoms with Crippen molar-refractivity contribution in [3.8, 4) is 0 Å². The van der Waals surface area contributed by atoms with Crippen LogP contribution in [-0.4, -0.2) is 23.0 Å². The molecule has 0 saturated heterocycles. The summed E-state index contributed by atoms with van der Waals surface area (Å²) in [4.78, 5) is 36.0. The van der Waals surface area contributed by atoms with Crippen molar-refractivity contribution in [2.75, 3.05) is 0 Å². The Hall–Kier alpha value is -3.09. The molecule has 3 rings (SSSR count). The maximum absolute atomic E-state index is 12.6. The monoisotopic (exact) mass is 399 g/mol. The molecule has 2 N–H and O–H groups in total. The molecule has 7 nitrogen and oxygen atoms in total. The van der Waals surface area contributed by atoms with Crippen molar-refractivity contribution in [2.24, 2.45) is 0 Å². The number of amides is 1. The molecule has 0 fully saturated rings. The Morgan fingerprint density at radius 1 is 1.14 bits per heavy atom. The number of hydrogen-bond acceptors (Lipinski definition) is 5. The summed E-state index contributed by atoms with van der Waals surface area (Å²) in [6.07, 6.45) is 2.86. The zero-order valence-electron chi connectivity index (χ0n) is 17.0. The second-order valence-corrected chi connectivity index (χ2v) is 7.41. The summed E-state index contributed by atoms with van der Waals surface area (Å²) in [6, 6.07) is 1.03. The Bertz CT molecular complexity index is 1150. The first-order chi connectivity index (χ1) is 13.7. The fourth-order valence-electron chi connectivity index (χ4n) is 3.66. The van der Waals surface area contributed by atoms with Gasteiger partial charge in [0.1, 0.15) is 17.2 Å². The number of aliphatic carboxylic acids is 1. The first kappa shape index (κ1) is 20.6. The van der Waals surface area contributed by atoms with E-state index in [0.29, 0.717) is 29.6 Å².